The van der Waals surface area contributed by atoms with Gasteiger partial charge in [-0.05, 0) is 66.5 Å². The standard InChI is InChI=1S/C14H18INO3/c1-14(19,13(17)18)10-5-6-12(11(15)9-10)16-7-3-2-4-8-16/h5-6,9,19H,2-4,7-8H2,1H3,(H,17,18). The minimum atomic E-state index is -1.83. The second kappa shape index (κ2) is 5.66. The zero-order valence-electron chi connectivity index (χ0n) is 10.9. The van der Waals surface area contributed by atoms with E-state index in [1.54, 1.807) is 12.1 Å². The quantitative estimate of drug-likeness (QED) is 0.798. The zero-order chi connectivity index (χ0) is 14.0. The Morgan fingerprint density at radius 1 is 1.32 bits per heavy atom. The van der Waals surface area contributed by atoms with E-state index >= 15 is 0 Å². The van der Waals surface area contributed by atoms with Gasteiger partial charge in [-0.1, -0.05) is 6.07 Å². The summed E-state index contributed by atoms with van der Waals surface area (Å²) in [6.45, 7) is 3.40. The molecule has 2 N–H and O–H groups in total. The minimum absolute atomic E-state index is 0.421. The SMILES string of the molecule is CC(O)(C(=O)O)c1ccc(N2CCCCC2)c(I)c1. The van der Waals surface area contributed by atoms with Gasteiger partial charge in [0.05, 0.1) is 5.69 Å². The molecule has 19 heavy (non-hydrogen) atoms. The number of hydrogen-bond donors (Lipinski definition) is 2. The first-order valence-electron chi connectivity index (χ1n) is 6.43. The predicted molar refractivity (Wildman–Crippen MR) is 82.4 cm³/mol. The van der Waals surface area contributed by atoms with Gasteiger partial charge in [0.15, 0.2) is 5.60 Å². The van der Waals surface area contributed by atoms with Gasteiger partial charge in [0.25, 0.3) is 0 Å². The molecule has 1 atom stereocenters. The number of hydrogen-bond acceptors (Lipinski definition) is 3. The van der Waals surface area contributed by atoms with Gasteiger partial charge in [-0.3, -0.25) is 0 Å². The van der Waals surface area contributed by atoms with Crippen molar-refractivity contribution in [2.24, 2.45) is 0 Å². The largest absolute Gasteiger partial charge is 0.479 e. The molecule has 0 amide bonds. The Kier molecular flexibility index (Phi) is 4.35. The van der Waals surface area contributed by atoms with Gasteiger partial charge in [0.1, 0.15) is 0 Å². The molecule has 1 aliphatic rings. The molecule has 0 saturated carbocycles. The van der Waals surface area contributed by atoms with Crippen LogP contribution in [0.5, 0.6) is 0 Å². The minimum Gasteiger partial charge on any atom is -0.479 e. The van der Waals surface area contributed by atoms with Gasteiger partial charge in [-0.2, -0.15) is 0 Å². The van der Waals surface area contributed by atoms with Crippen molar-refractivity contribution in [3.05, 3.63) is 27.3 Å². The lowest BCUT2D eigenvalue weighted by Gasteiger charge is -2.30. The summed E-state index contributed by atoms with van der Waals surface area (Å²) in [5.74, 6) is -1.23. The lowest BCUT2D eigenvalue weighted by Crippen LogP contribution is -2.33. The Morgan fingerprint density at radius 2 is 1.95 bits per heavy atom. The lowest BCUT2D eigenvalue weighted by molar-refractivity contribution is -0.157. The summed E-state index contributed by atoms with van der Waals surface area (Å²) in [5.41, 5.74) is -0.282. The number of carboxylic acid groups (broad SMARTS) is 1. The van der Waals surface area contributed by atoms with Crippen LogP contribution in [0.25, 0.3) is 0 Å². The monoisotopic (exact) mass is 375 g/mol. The topological polar surface area (TPSA) is 60.8 Å². The molecule has 4 nitrogen and oxygen atoms in total. The van der Waals surface area contributed by atoms with Crippen molar-refractivity contribution in [1.82, 2.24) is 0 Å². The van der Waals surface area contributed by atoms with Gasteiger partial charge < -0.3 is 15.1 Å². The normalized spacial score (nSPS) is 19.0. The summed E-state index contributed by atoms with van der Waals surface area (Å²) >= 11 is 2.21. The van der Waals surface area contributed by atoms with Crippen molar-refractivity contribution in [2.75, 3.05) is 18.0 Å². The first-order valence-corrected chi connectivity index (χ1v) is 7.51. The summed E-state index contributed by atoms with van der Waals surface area (Å²) < 4.78 is 0.985. The highest BCUT2D eigenvalue weighted by Gasteiger charge is 2.32. The number of aliphatic carboxylic acids is 1. The first kappa shape index (κ1) is 14.6. The average molecular weight is 375 g/mol. The van der Waals surface area contributed by atoms with Crippen molar-refractivity contribution >= 4 is 34.2 Å². The molecule has 5 heteroatoms. The van der Waals surface area contributed by atoms with Crippen molar-refractivity contribution in [3.8, 4) is 0 Å². The van der Waals surface area contributed by atoms with Gasteiger partial charge in [0, 0.05) is 16.7 Å². The van der Waals surface area contributed by atoms with Crippen LogP contribution in [0.2, 0.25) is 0 Å². The second-order valence-corrected chi connectivity index (χ2v) is 6.25. The van der Waals surface area contributed by atoms with E-state index in [-0.39, 0.29) is 0 Å². The summed E-state index contributed by atoms with van der Waals surface area (Å²) in [7, 11) is 0. The third kappa shape index (κ3) is 3.02. The Labute approximate surface area is 126 Å². The number of carbonyl (C=O) groups is 1. The van der Waals surface area contributed by atoms with Gasteiger partial charge >= 0.3 is 5.97 Å². The number of rotatable bonds is 3. The van der Waals surface area contributed by atoms with Crippen molar-refractivity contribution < 1.29 is 15.0 Å². The lowest BCUT2D eigenvalue weighted by atomic mass is 9.96. The maximum Gasteiger partial charge on any atom is 0.340 e. The Morgan fingerprint density at radius 3 is 2.47 bits per heavy atom. The third-order valence-electron chi connectivity index (χ3n) is 3.62. The average Bonchev–Trinajstić information content (AvgIpc) is 2.39. The van der Waals surface area contributed by atoms with E-state index < -0.39 is 11.6 Å². The Balaban J connectivity index is 2.29. The predicted octanol–water partition coefficient (Wildman–Crippen LogP) is 2.57. The van der Waals surface area contributed by atoms with Crippen LogP contribution in [0.15, 0.2) is 18.2 Å². The van der Waals surface area contributed by atoms with E-state index in [9.17, 15) is 9.90 Å². The van der Waals surface area contributed by atoms with E-state index in [0.29, 0.717) is 5.56 Å². The molecule has 1 heterocycles. The van der Waals surface area contributed by atoms with Crippen LogP contribution >= 0.6 is 22.6 Å². The van der Waals surface area contributed by atoms with Gasteiger partial charge in [0.2, 0.25) is 0 Å². The van der Waals surface area contributed by atoms with Crippen LogP contribution in [-0.4, -0.2) is 29.3 Å². The molecule has 2 rings (SSSR count). The molecule has 104 valence electrons. The summed E-state index contributed by atoms with van der Waals surface area (Å²) in [5, 5.41) is 19.0. The fraction of sp³-hybridized carbons (Fsp3) is 0.500. The third-order valence-corrected chi connectivity index (χ3v) is 4.49. The zero-order valence-corrected chi connectivity index (χ0v) is 13.1. The maximum absolute atomic E-state index is 11.1. The fourth-order valence-electron chi connectivity index (χ4n) is 2.32. The van der Waals surface area contributed by atoms with E-state index in [1.807, 2.05) is 6.07 Å². The van der Waals surface area contributed by atoms with Crippen molar-refractivity contribution in [3.63, 3.8) is 0 Å². The number of halogens is 1. The van der Waals surface area contributed by atoms with Gasteiger partial charge in [-0.15, -0.1) is 0 Å². The van der Waals surface area contributed by atoms with Crippen molar-refractivity contribution in [2.45, 2.75) is 31.8 Å². The maximum atomic E-state index is 11.1. The van der Waals surface area contributed by atoms with E-state index in [1.165, 1.54) is 26.2 Å². The van der Waals surface area contributed by atoms with E-state index in [0.717, 1.165) is 22.3 Å². The molecule has 0 aliphatic carbocycles. The molecule has 0 radical (unpaired) electrons. The molecule has 1 aromatic rings. The van der Waals surface area contributed by atoms with Crippen LogP contribution in [0.3, 0.4) is 0 Å². The van der Waals surface area contributed by atoms with Crippen LogP contribution in [-0.2, 0) is 10.4 Å². The number of carboxylic acids is 1. The summed E-state index contributed by atoms with van der Waals surface area (Å²) in [4.78, 5) is 13.4. The molecule has 1 aliphatic heterocycles. The molecule has 0 aromatic heterocycles. The van der Waals surface area contributed by atoms with E-state index in [4.69, 9.17) is 5.11 Å². The molecular formula is C14H18INO3. The fourth-order valence-corrected chi connectivity index (χ4v) is 3.18. The summed E-state index contributed by atoms with van der Waals surface area (Å²) in [6, 6.07) is 5.39. The molecule has 1 aromatic carbocycles. The summed E-state index contributed by atoms with van der Waals surface area (Å²) in [6.07, 6.45) is 3.67. The molecule has 0 bridgehead atoms. The highest BCUT2D eigenvalue weighted by molar-refractivity contribution is 14.1. The van der Waals surface area contributed by atoms with Crippen LogP contribution in [0, 0.1) is 3.57 Å². The molecule has 1 saturated heterocycles. The first-order chi connectivity index (χ1) is 8.93. The van der Waals surface area contributed by atoms with Gasteiger partial charge in [-0.25, -0.2) is 4.79 Å². The Hall–Kier alpha value is -0.820. The van der Waals surface area contributed by atoms with E-state index in [2.05, 4.69) is 27.5 Å². The van der Waals surface area contributed by atoms with Crippen LogP contribution in [0.4, 0.5) is 5.69 Å². The number of benzene rings is 1. The highest BCUT2D eigenvalue weighted by Crippen LogP contribution is 2.30. The number of nitrogens with zero attached hydrogens (tertiary/aromatic N) is 1. The highest BCUT2D eigenvalue weighted by atomic mass is 127. The Bertz CT molecular complexity index is 482. The second-order valence-electron chi connectivity index (χ2n) is 5.09. The number of piperidine rings is 1. The molecule has 1 fully saturated rings. The molecule has 0 spiro atoms. The molecular weight excluding hydrogens is 357 g/mol. The number of aliphatic hydroxyl groups is 1. The van der Waals surface area contributed by atoms with Crippen LogP contribution < -0.4 is 4.90 Å². The smallest absolute Gasteiger partial charge is 0.340 e. The molecule has 1 unspecified atom stereocenters. The number of anilines is 1. The van der Waals surface area contributed by atoms with Crippen LogP contribution in [0.1, 0.15) is 31.7 Å². The van der Waals surface area contributed by atoms with Crippen molar-refractivity contribution in [1.29, 1.82) is 0 Å².